The summed E-state index contributed by atoms with van der Waals surface area (Å²) in [6, 6.07) is 0. The molecule has 0 N–H and O–H groups in total. The molecule has 78 valence electrons. The van der Waals surface area contributed by atoms with Gasteiger partial charge in [0.25, 0.3) is 0 Å². The molecular formula is C11H23OP. The van der Waals surface area contributed by atoms with E-state index in [1.54, 1.807) is 6.92 Å². The van der Waals surface area contributed by atoms with Crippen LogP contribution in [0.15, 0.2) is 0 Å². The lowest BCUT2D eigenvalue weighted by atomic mass is 10.2. The van der Waals surface area contributed by atoms with Gasteiger partial charge >= 0.3 is 0 Å². The van der Waals surface area contributed by atoms with E-state index in [0.29, 0.717) is 5.78 Å². The summed E-state index contributed by atoms with van der Waals surface area (Å²) in [6.07, 6.45) is 0.766. The summed E-state index contributed by atoms with van der Waals surface area (Å²) in [4.78, 5) is 11.2. The minimum Gasteiger partial charge on any atom is -0.300 e. The first-order chi connectivity index (χ1) is 5.55. The molecule has 0 aliphatic carbocycles. The Hall–Kier alpha value is 0.100. The lowest BCUT2D eigenvalue weighted by Gasteiger charge is -2.41. The number of rotatable bonds is 2. The van der Waals surface area contributed by atoms with Crippen LogP contribution in [0.1, 0.15) is 48.5 Å². The van der Waals surface area contributed by atoms with Crippen molar-refractivity contribution in [1.82, 2.24) is 0 Å². The fourth-order valence-corrected chi connectivity index (χ4v) is 5.11. The SMILES string of the molecule is CC(=O)CP(C(C)(C)C)C(C)(C)C. The monoisotopic (exact) mass is 202 g/mol. The summed E-state index contributed by atoms with van der Waals surface area (Å²) in [6.45, 7) is 15.2. The van der Waals surface area contributed by atoms with Crippen LogP contribution in [0.5, 0.6) is 0 Å². The molecule has 0 fully saturated rings. The maximum absolute atomic E-state index is 11.2. The van der Waals surface area contributed by atoms with Gasteiger partial charge in [0.05, 0.1) is 0 Å². The van der Waals surface area contributed by atoms with Crippen molar-refractivity contribution in [2.24, 2.45) is 0 Å². The van der Waals surface area contributed by atoms with Gasteiger partial charge in [0, 0.05) is 6.16 Å². The smallest absolute Gasteiger partial charge is 0.134 e. The molecule has 0 radical (unpaired) electrons. The molecule has 0 saturated carbocycles. The van der Waals surface area contributed by atoms with Crippen LogP contribution in [0, 0.1) is 0 Å². The minimum atomic E-state index is -0.232. The van der Waals surface area contributed by atoms with E-state index in [9.17, 15) is 4.79 Å². The van der Waals surface area contributed by atoms with Crippen molar-refractivity contribution in [2.75, 3.05) is 6.16 Å². The maximum Gasteiger partial charge on any atom is 0.134 e. The summed E-state index contributed by atoms with van der Waals surface area (Å²) < 4.78 is 0. The average molecular weight is 202 g/mol. The normalized spacial score (nSPS) is 13.5. The molecule has 0 aromatic heterocycles. The van der Waals surface area contributed by atoms with E-state index < -0.39 is 0 Å². The van der Waals surface area contributed by atoms with E-state index in [0.717, 1.165) is 6.16 Å². The van der Waals surface area contributed by atoms with Gasteiger partial charge in [0.15, 0.2) is 0 Å². The summed E-state index contributed by atoms with van der Waals surface area (Å²) in [5.74, 6) is 0.330. The summed E-state index contributed by atoms with van der Waals surface area (Å²) in [5.41, 5.74) is 0. The van der Waals surface area contributed by atoms with Crippen molar-refractivity contribution >= 4 is 13.7 Å². The molecule has 0 aliphatic rings. The third-order valence-corrected chi connectivity index (χ3v) is 6.00. The van der Waals surface area contributed by atoms with E-state index >= 15 is 0 Å². The molecule has 0 rings (SSSR count). The summed E-state index contributed by atoms with van der Waals surface area (Å²) in [7, 11) is -0.232. The molecule has 0 aromatic carbocycles. The van der Waals surface area contributed by atoms with Gasteiger partial charge in [0.1, 0.15) is 5.78 Å². The van der Waals surface area contributed by atoms with Gasteiger partial charge in [-0.05, 0) is 17.2 Å². The van der Waals surface area contributed by atoms with Gasteiger partial charge < -0.3 is 0 Å². The van der Waals surface area contributed by atoms with E-state index in [4.69, 9.17) is 0 Å². The number of carbonyl (C=O) groups excluding carboxylic acids is 1. The molecule has 2 heteroatoms. The Morgan fingerprint density at radius 2 is 1.31 bits per heavy atom. The predicted octanol–water partition coefficient (Wildman–Crippen LogP) is 3.65. The van der Waals surface area contributed by atoms with E-state index in [2.05, 4.69) is 41.5 Å². The van der Waals surface area contributed by atoms with E-state index in [1.165, 1.54) is 0 Å². The first kappa shape index (κ1) is 13.1. The third kappa shape index (κ3) is 4.76. The standard InChI is InChI=1S/C11H23OP/c1-9(12)8-13(10(2,3)4)11(5,6)7/h8H2,1-7H3. The Kier molecular flexibility index (Phi) is 4.12. The highest BCUT2D eigenvalue weighted by atomic mass is 31.1. The van der Waals surface area contributed by atoms with Crippen LogP contribution in [-0.2, 0) is 4.79 Å². The molecule has 13 heavy (non-hydrogen) atoms. The van der Waals surface area contributed by atoms with Crippen LogP contribution in [0.25, 0.3) is 0 Å². The van der Waals surface area contributed by atoms with Gasteiger partial charge in [-0.1, -0.05) is 49.5 Å². The molecule has 0 unspecified atom stereocenters. The average Bonchev–Trinajstić information content (AvgIpc) is 1.77. The van der Waals surface area contributed by atoms with Gasteiger partial charge in [0.2, 0.25) is 0 Å². The number of hydrogen-bond donors (Lipinski definition) is 0. The molecule has 0 atom stereocenters. The quantitative estimate of drug-likeness (QED) is 0.624. The zero-order chi connectivity index (χ0) is 10.9. The van der Waals surface area contributed by atoms with Crippen molar-refractivity contribution in [3.8, 4) is 0 Å². The largest absolute Gasteiger partial charge is 0.300 e. The molecule has 0 spiro atoms. The minimum absolute atomic E-state index is 0.232. The zero-order valence-electron chi connectivity index (χ0n) is 10.1. The van der Waals surface area contributed by atoms with Crippen LogP contribution >= 0.6 is 7.92 Å². The van der Waals surface area contributed by atoms with Crippen molar-refractivity contribution in [3.05, 3.63) is 0 Å². The molecule has 1 nitrogen and oxygen atoms in total. The second-order valence-corrected chi connectivity index (χ2v) is 9.49. The number of hydrogen-bond acceptors (Lipinski definition) is 1. The van der Waals surface area contributed by atoms with E-state index in [1.807, 2.05) is 0 Å². The van der Waals surface area contributed by atoms with Crippen LogP contribution in [0.2, 0.25) is 0 Å². The third-order valence-electron chi connectivity index (χ3n) is 2.00. The second-order valence-electron chi connectivity index (χ2n) is 5.63. The summed E-state index contributed by atoms with van der Waals surface area (Å²) in [5, 5.41) is 0.554. The van der Waals surface area contributed by atoms with Crippen LogP contribution < -0.4 is 0 Å². The highest BCUT2D eigenvalue weighted by Crippen LogP contribution is 2.58. The number of ketones is 1. The zero-order valence-corrected chi connectivity index (χ0v) is 11.0. The molecular weight excluding hydrogens is 179 g/mol. The molecule has 0 heterocycles. The number of Topliss-reactive ketones (excluding diaryl/α,β-unsaturated/α-hetero) is 1. The van der Waals surface area contributed by atoms with Crippen molar-refractivity contribution in [2.45, 2.75) is 58.8 Å². The van der Waals surface area contributed by atoms with Gasteiger partial charge in [-0.3, -0.25) is 4.79 Å². The van der Waals surface area contributed by atoms with Gasteiger partial charge in [-0.25, -0.2) is 0 Å². The molecule has 0 aromatic rings. The lowest BCUT2D eigenvalue weighted by molar-refractivity contribution is -0.114. The molecule has 0 aliphatic heterocycles. The lowest BCUT2D eigenvalue weighted by Crippen LogP contribution is -2.28. The van der Waals surface area contributed by atoms with Crippen LogP contribution in [0.3, 0.4) is 0 Å². The highest BCUT2D eigenvalue weighted by Gasteiger charge is 2.34. The van der Waals surface area contributed by atoms with Crippen molar-refractivity contribution < 1.29 is 4.79 Å². The topological polar surface area (TPSA) is 17.1 Å². The van der Waals surface area contributed by atoms with Crippen LogP contribution in [-0.4, -0.2) is 22.3 Å². The second kappa shape index (κ2) is 4.09. The molecule has 0 amide bonds. The van der Waals surface area contributed by atoms with Gasteiger partial charge in [-0.15, -0.1) is 0 Å². The Bertz CT molecular complexity index is 169. The Labute approximate surface area is 84.0 Å². The first-order valence-electron chi connectivity index (χ1n) is 4.82. The maximum atomic E-state index is 11.2. The Morgan fingerprint density at radius 1 is 1.00 bits per heavy atom. The van der Waals surface area contributed by atoms with Crippen molar-refractivity contribution in [3.63, 3.8) is 0 Å². The number of carbonyl (C=O) groups is 1. The fourth-order valence-electron chi connectivity index (χ4n) is 1.70. The van der Waals surface area contributed by atoms with Crippen LogP contribution in [0.4, 0.5) is 0 Å². The highest BCUT2D eigenvalue weighted by molar-refractivity contribution is 7.61. The van der Waals surface area contributed by atoms with Gasteiger partial charge in [-0.2, -0.15) is 0 Å². The molecule has 0 saturated heterocycles. The Morgan fingerprint density at radius 3 is 1.38 bits per heavy atom. The first-order valence-corrected chi connectivity index (χ1v) is 6.35. The fraction of sp³-hybridized carbons (Fsp3) is 0.909. The Balaban J connectivity index is 4.68. The summed E-state index contributed by atoms with van der Waals surface area (Å²) >= 11 is 0. The predicted molar refractivity (Wildman–Crippen MR) is 62.0 cm³/mol. The molecule has 0 bridgehead atoms. The van der Waals surface area contributed by atoms with Crippen molar-refractivity contribution in [1.29, 1.82) is 0 Å². The van der Waals surface area contributed by atoms with E-state index in [-0.39, 0.29) is 18.2 Å².